The Bertz CT molecular complexity index is 304. The lowest BCUT2D eigenvalue weighted by Crippen LogP contribution is -2.45. The van der Waals surface area contributed by atoms with E-state index in [-0.39, 0.29) is 0 Å². The molecule has 0 atom stereocenters. The van der Waals surface area contributed by atoms with Crippen LogP contribution in [0.3, 0.4) is 0 Å². The van der Waals surface area contributed by atoms with E-state index in [1.807, 2.05) is 0 Å². The highest BCUT2D eigenvalue weighted by atomic mass is 31.2. The average molecular weight is 374 g/mol. The van der Waals surface area contributed by atoms with E-state index < -0.39 is 14.5 Å². The minimum absolute atomic E-state index is 0.440. The smallest absolute Gasteiger partial charge is 0.418 e. The van der Waals surface area contributed by atoms with Gasteiger partial charge in [-0.15, -0.1) is 0 Å². The maximum atomic E-state index is 9.75. The first kappa shape index (κ1) is 26.4. The van der Waals surface area contributed by atoms with Gasteiger partial charge in [-0.1, -0.05) is 19.8 Å². The van der Waals surface area contributed by atoms with E-state index in [0.717, 1.165) is 0 Å². The highest BCUT2D eigenvalue weighted by Crippen LogP contribution is 2.83. The normalized spacial score (nSPS) is 14.2. The molecule has 0 aromatic rings. The maximum Gasteiger partial charge on any atom is 0.673 e. The topological polar surface area (TPSA) is 0 Å². The highest BCUT2D eigenvalue weighted by Gasteiger charge is 2.63. The Hall–Kier alpha value is 0.215. The first-order valence-electron chi connectivity index (χ1n) is 9.07. The third kappa shape index (κ3) is 8.54. The molecule has 0 rings (SSSR count). The first-order chi connectivity index (χ1) is 10.3. The van der Waals surface area contributed by atoms with Crippen LogP contribution in [0.2, 0.25) is 0 Å². The molecule has 24 heavy (non-hydrogen) atoms. The maximum absolute atomic E-state index is 9.75. The molecule has 0 unspecified atom stereocenters. The van der Waals surface area contributed by atoms with E-state index in [2.05, 4.69) is 69.2 Å². The van der Waals surface area contributed by atoms with E-state index in [1.165, 1.54) is 31.8 Å². The lowest BCUT2D eigenvalue weighted by molar-refractivity contribution is 0.368. The molecule has 0 spiro atoms. The van der Waals surface area contributed by atoms with Gasteiger partial charge >= 0.3 is 7.25 Å². The molecule has 0 nitrogen and oxygen atoms in total. The molecule has 0 aliphatic rings. The molecule has 148 valence electrons. The zero-order valence-corrected chi connectivity index (χ0v) is 18.5. The SMILES string of the molecule is CCCCCC[P+](C(C)(C)C)(C(C)(C)C)C(C)(C)C.F[B-](F)(F)F. The van der Waals surface area contributed by atoms with E-state index in [9.17, 15) is 17.3 Å². The summed E-state index contributed by atoms with van der Waals surface area (Å²) in [5.74, 6) is 0. The average Bonchev–Trinajstić information content (AvgIpc) is 2.20. The number of halogens is 4. The first-order valence-corrected chi connectivity index (χ1v) is 11.0. The molecule has 0 fully saturated rings. The minimum Gasteiger partial charge on any atom is -0.418 e. The van der Waals surface area contributed by atoms with Crippen molar-refractivity contribution in [3.8, 4) is 0 Å². The second kappa shape index (κ2) is 9.24. The molecule has 6 heteroatoms. The lowest BCUT2D eigenvalue weighted by atomic mass is 10.2. The Morgan fingerprint density at radius 2 is 0.917 bits per heavy atom. The standard InChI is InChI=1S/C18H40P.BF4/c1-11-12-13-14-15-19(16(2,3)4,17(5,6)7)18(8,9)10;2-1(3,4)5/h11-15H2,1-10H3;/q+1;-1. The van der Waals surface area contributed by atoms with Gasteiger partial charge in [-0.25, -0.2) is 0 Å². The third-order valence-corrected chi connectivity index (χ3v) is 12.6. The summed E-state index contributed by atoms with van der Waals surface area (Å²) in [6.07, 6.45) is 7.04. The van der Waals surface area contributed by atoms with Crippen LogP contribution in [0.1, 0.15) is 94.9 Å². The van der Waals surface area contributed by atoms with Crippen molar-refractivity contribution in [2.24, 2.45) is 0 Å². The fraction of sp³-hybridized carbons (Fsp3) is 1.00. The van der Waals surface area contributed by atoms with Gasteiger partial charge in [-0.05, 0) is 75.2 Å². The molecule has 0 aliphatic carbocycles. The molecular formula is C18H40BF4P. The summed E-state index contributed by atoms with van der Waals surface area (Å²) in [6, 6.07) is 0. The fourth-order valence-electron chi connectivity index (χ4n) is 4.80. The van der Waals surface area contributed by atoms with Crippen LogP contribution < -0.4 is 0 Å². The summed E-state index contributed by atoms with van der Waals surface area (Å²) in [5, 5.41) is 1.32. The fourth-order valence-corrected chi connectivity index (χ4v) is 13.5. The van der Waals surface area contributed by atoms with Crippen molar-refractivity contribution in [3.05, 3.63) is 0 Å². The van der Waals surface area contributed by atoms with Gasteiger partial charge in [0.2, 0.25) is 0 Å². The van der Waals surface area contributed by atoms with Gasteiger partial charge in [-0.2, -0.15) is 0 Å². The van der Waals surface area contributed by atoms with Crippen molar-refractivity contribution in [1.29, 1.82) is 0 Å². The highest BCUT2D eigenvalue weighted by molar-refractivity contribution is 7.80. The van der Waals surface area contributed by atoms with Crippen LogP contribution in [0.15, 0.2) is 0 Å². The zero-order chi connectivity index (χ0) is 20.0. The van der Waals surface area contributed by atoms with Crippen LogP contribution in [0, 0.1) is 0 Å². The van der Waals surface area contributed by atoms with Crippen molar-refractivity contribution in [3.63, 3.8) is 0 Å². The van der Waals surface area contributed by atoms with E-state index in [0.29, 0.717) is 15.5 Å². The molecule has 0 radical (unpaired) electrons. The van der Waals surface area contributed by atoms with Gasteiger partial charge in [0.1, 0.15) is 0 Å². The Kier molecular flexibility index (Phi) is 10.2. The summed E-state index contributed by atoms with van der Waals surface area (Å²) in [5.41, 5.74) is 0. The Labute approximate surface area is 149 Å². The van der Waals surface area contributed by atoms with Gasteiger partial charge in [0, 0.05) is 7.26 Å². The Morgan fingerprint density at radius 3 is 1.12 bits per heavy atom. The second-order valence-electron chi connectivity index (χ2n) is 9.60. The summed E-state index contributed by atoms with van der Waals surface area (Å²) in [4.78, 5) is 0. The quantitative estimate of drug-likeness (QED) is 0.197. The zero-order valence-electron chi connectivity index (χ0n) is 17.6. The predicted molar refractivity (Wildman–Crippen MR) is 105 cm³/mol. The molecule has 0 heterocycles. The van der Waals surface area contributed by atoms with Crippen LogP contribution >= 0.6 is 7.26 Å². The van der Waals surface area contributed by atoms with Crippen LogP contribution in [-0.2, 0) is 0 Å². The molecule has 0 bridgehead atoms. The van der Waals surface area contributed by atoms with E-state index in [4.69, 9.17) is 0 Å². The molecule has 0 saturated heterocycles. The van der Waals surface area contributed by atoms with Gasteiger partial charge in [-0.3, -0.25) is 0 Å². The third-order valence-electron chi connectivity index (χ3n) is 4.78. The summed E-state index contributed by atoms with van der Waals surface area (Å²) in [6.45, 7) is 24.8. The number of hydrogen-bond donors (Lipinski definition) is 0. The lowest BCUT2D eigenvalue weighted by Gasteiger charge is -2.54. The van der Waals surface area contributed by atoms with Crippen molar-refractivity contribution in [2.45, 2.75) is 110 Å². The molecule has 0 amide bonds. The van der Waals surface area contributed by atoms with Crippen molar-refractivity contribution in [1.82, 2.24) is 0 Å². The monoisotopic (exact) mass is 374 g/mol. The number of unbranched alkanes of at least 4 members (excludes halogenated alkanes) is 3. The Balaban J connectivity index is 0. The molecule has 0 aromatic carbocycles. The van der Waals surface area contributed by atoms with E-state index in [1.54, 1.807) is 0 Å². The minimum atomic E-state index is -6.00. The van der Waals surface area contributed by atoms with Crippen LogP contribution in [0.5, 0.6) is 0 Å². The van der Waals surface area contributed by atoms with Gasteiger partial charge in [0.05, 0.1) is 21.6 Å². The van der Waals surface area contributed by atoms with Crippen LogP contribution in [0.25, 0.3) is 0 Å². The Morgan fingerprint density at radius 1 is 0.625 bits per heavy atom. The molecule has 0 N–H and O–H groups in total. The van der Waals surface area contributed by atoms with Gasteiger partial charge in [0.15, 0.2) is 0 Å². The number of rotatable bonds is 5. The predicted octanol–water partition coefficient (Wildman–Crippen LogP) is 8.28. The van der Waals surface area contributed by atoms with E-state index >= 15 is 0 Å². The molecular weight excluding hydrogens is 334 g/mol. The molecule has 0 saturated carbocycles. The van der Waals surface area contributed by atoms with Crippen LogP contribution in [0.4, 0.5) is 17.3 Å². The second-order valence-corrected chi connectivity index (χ2v) is 15.7. The van der Waals surface area contributed by atoms with Crippen molar-refractivity contribution in [2.75, 3.05) is 6.16 Å². The summed E-state index contributed by atoms with van der Waals surface area (Å²) in [7, 11) is -7.09. The molecule has 0 aliphatic heterocycles. The summed E-state index contributed by atoms with van der Waals surface area (Å²) >= 11 is 0. The van der Waals surface area contributed by atoms with Gasteiger partial charge in [0.25, 0.3) is 0 Å². The number of hydrogen-bond acceptors (Lipinski definition) is 0. The summed E-state index contributed by atoms with van der Waals surface area (Å²) < 4.78 is 39.0. The van der Waals surface area contributed by atoms with Gasteiger partial charge < -0.3 is 17.3 Å². The van der Waals surface area contributed by atoms with Crippen molar-refractivity contribution < 1.29 is 17.3 Å². The largest absolute Gasteiger partial charge is 0.673 e. The van der Waals surface area contributed by atoms with Crippen LogP contribution in [-0.4, -0.2) is 28.9 Å². The van der Waals surface area contributed by atoms with Crippen molar-refractivity contribution >= 4 is 14.5 Å². The molecule has 0 aromatic heterocycles.